The van der Waals surface area contributed by atoms with E-state index in [2.05, 4.69) is 60.3 Å². The molecule has 1 heterocycles. The van der Waals surface area contributed by atoms with Gasteiger partial charge in [0.1, 0.15) is 0 Å². The summed E-state index contributed by atoms with van der Waals surface area (Å²) in [6, 6.07) is 11.2. The van der Waals surface area contributed by atoms with Crippen molar-refractivity contribution in [3.63, 3.8) is 0 Å². The second-order valence-electron chi connectivity index (χ2n) is 5.16. The van der Waals surface area contributed by atoms with Gasteiger partial charge in [0.25, 0.3) is 0 Å². The molecule has 1 N–H and O–H groups in total. The molecule has 1 aromatic carbocycles. The molecule has 0 aliphatic carbocycles. The summed E-state index contributed by atoms with van der Waals surface area (Å²) < 4.78 is 2.27. The lowest BCUT2D eigenvalue weighted by Crippen LogP contribution is -2.21. The average molecular weight is 255 g/mol. The molecule has 0 saturated heterocycles. The maximum Gasteiger partial charge on any atom is 0.0622 e. The SMILES string of the molecule is CC(C)NCc1cn(CCCC#N)c2ccccc12. The van der Waals surface area contributed by atoms with Crippen LogP contribution in [0.5, 0.6) is 0 Å². The third-order valence-electron chi connectivity index (χ3n) is 3.26. The first kappa shape index (κ1) is 13.6. The van der Waals surface area contributed by atoms with Crippen molar-refractivity contribution >= 4 is 10.9 Å². The second kappa shape index (κ2) is 6.40. The number of rotatable bonds is 6. The van der Waals surface area contributed by atoms with Gasteiger partial charge in [0.2, 0.25) is 0 Å². The summed E-state index contributed by atoms with van der Waals surface area (Å²) in [6.07, 6.45) is 3.75. The lowest BCUT2D eigenvalue weighted by molar-refractivity contribution is 0.588. The van der Waals surface area contributed by atoms with Crippen molar-refractivity contribution in [1.29, 1.82) is 5.26 Å². The summed E-state index contributed by atoms with van der Waals surface area (Å²) in [5, 5.41) is 13.4. The Kier molecular flexibility index (Phi) is 4.59. The number of hydrogen-bond donors (Lipinski definition) is 1. The van der Waals surface area contributed by atoms with E-state index in [1.807, 2.05) is 0 Å². The van der Waals surface area contributed by atoms with Crippen LogP contribution in [0, 0.1) is 11.3 Å². The number of nitrogens with zero attached hydrogens (tertiary/aromatic N) is 2. The zero-order valence-corrected chi connectivity index (χ0v) is 11.7. The Balaban J connectivity index is 2.24. The number of benzene rings is 1. The molecule has 0 radical (unpaired) electrons. The van der Waals surface area contributed by atoms with Crippen molar-refractivity contribution in [2.45, 2.75) is 45.8 Å². The number of aryl methyl sites for hydroxylation is 1. The molecule has 3 nitrogen and oxygen atoms in total. The Morgan fingerprint density at radius 3 is 2.84 bits per heavy atom. The maximum absolute atomic E-state index is 8.64. The third kappa shape index (κ3) is 3.36. The van der Waals surface area contributed by atoms with Crippen LogP contribution in [0.1, 0.15) is 32.3 Å². The molecule has 0 fully saturated rings. The number of unbranched alkanes of at least 4 members (excludes halogenated alkanes) is 1. The van der Waals surface area contributed by atoms with Gasteiger partial charge in [-0.05, 0) is 18.1 Å². The molecule has 0 atom stereocenters. The molecule has 0 aliphatic rings. The fourth-order valence-electron chi connectivity index (χ4n) is 2.29. The first-order valence-electron chi connectivity index (χ1n) is 6.89. The molecule has 0 bridgehead atoms. The van der Waals surface area contributed by atoms with E-state index in [1.165, 1.54) is 16.5 Å². The van der Waals surface area contributed by atoms with E-state index in [1.54, 1.807) is 0 Å². The summed E-state index contributed by atoms with van der Waals surface area (Å²) in [7, 11) is 0. The van der Waals surface area contributed by atoms with Gasteiger partial charge in [0, 0.05) is 42.7 Å². The third-order valence-corrected chi connectivity index (χ3v) is 3.26. The topological polar surface area (TPSA) is 40.8 Å². The molecular weight excluding hydrogens is 234 g/mol. The molecule has 1 aromatic heterocycles. The summed E-state index contributed by atoms with van der Waals surface area (Å²) in [4.78, 5) is 0. The first-order valence-corrected chi connectivity index (χ1v) is 6.89. The van der Waals surface area contributed by atoms with E-state index in [4.69, 9.17) is 5.26 Å². The first-order chi connectivity index (χ1) is 9.22. The van der Waals surface area contributed by atoms with E-state index < -0.39 is 0 Å². The molecule has 3 heteroatoms. The number of para-hydroxylation sites is 1. The van der Waals surface area contributed by atoms with Gasteiger partial charge in [0.15, 0.2) is 0 Å². The van der Waals surface area contributed by atoms with Gasteiger partial charge in [-0.3, -0.25) is 0 Å². The fraction of sp³-hybridized carbons (Fsp3) is 0.438. The monoisotopic (exact) mass is 255 g/mol. The van der Waals surface area contributed by atoms with Crippen LogP contribution in [0.2, 0.25) is 0 Å². The molecule has 0 saturated carbocycles. The van der Waals surface area contributed by atoms with Crippen LogP contribution in [0.4, 0.5) is 0 Å². The van der Waals surface area contributed by atoms with Gasteiger partial charge < -0.3 is 9.88 Å². The highest BCUT2D eigenvalue weighted by Gasteiger charge is 2.07. The predicted octanol–water partition coefficient (Wildman–Crippen LogP) is 3.44. The lowest BCUT2D eigenvalue weighted by atomic mass is 10.1. The van der Waals surface area contributed by atoms with Crippen molar-refractivity contribution in [3.8, 4) is 6.07 Å². The highest BCUT2D eigenvalue weighted by Crippen LogP contribution is 2.21. The summed E-state index contributed by atoms with van der Waals surface area (Å²) >= 11 is 0. The van der Waals surface area contributed by atoms with Crippen molar-refractivity contribution in [2.75, 3.05) is 0 Å². The zero-order valence-electron chi connectivity index (χ0n) is 11.7. The molecule has 19 heavy (non-hydrogen) atoms. The number of nitriles is 1. The van der Waals surface area contributed by atoms with Crippen LogP contribution in [0.15, 0.2) is 30.5 Å². The van der Waals surface area contributed by atoms with Crippen LogP contribution < -0.4 is 5.32 Å². The van der Waals surface area contributed by atoms with Crippen molar-refractivity contribution in [2.24, 2.45) is 0 Å². The Morgan fingerprint density at radius 1 is 1.32 bits per heavy atom. The van der Waals surface area contributed by atoms with Gasteiger partial charge in [0.05, 0.1) is 6.07 Å². The van der Waals surface area contributed by atoms with Gasteiger partial charge in [-0.2, -0.15) is 5.26 Å². The fourth-order valence-corrected chi connectivity index (χ4v) is 2.29. The Morgan fingerprint density at radius 2 is 2.11 bits per heavy atom. The Hall–Kier alpha value is -1.79. The molecular formula is C16H21N3. The van der Waals surface area contributed by atoms with Crippen LogP contribution >= 0.6 is 0 Å². The van der Waals surface area contributed by atoms with E-state index >= 15 is 0 Å². The minimum Gasteiger partial charge on any atom is -0.347 e. The molecule has 100 valence electrons. The largest absolute Gasteiger partial charge is 0.347 e. The summed E-state index contributed by atoms with van der Waals surface area (Å²) in [5.74, 6) is 0. The van der Waals surface area contributed by atoms with Crippen molar-refractivity contribution in [3.05, 3.63) is 36.0 Å². The minimum atomic E-state index is 0.487. The van der Waals surface area contributed by atoms with Gasteiger partial charge in [-0.25, -0.2) is 0 Å². The van der Waals surface area contributed by atoms with Gasteiger partial charge >= 0.3 is 0 Å². The average Bonchev–Trinajstić information content (AvgIpc) is 2.76. The number of nitrogens with one attached hydrogen (secondary N) is 1. The van der Waals surface area contributed by atoms with Crippen LogP contribution in [0.3, 0.4) is 0 Å². The molecule has 0 unspecified atom stereocenters. The van der Waals surface area contributed by atoms with Crippen LogP contribution in [-0.4, -0.2) is 10.6 Å². The van der Waals surface area contributed by atoms with Crippen LogP contribution in [0.25, 0.3) is 10.9 Å². The van der Waals surface area contributed by atoms with Crippen LogP contribution in [-0.2, 0) is 13.1 Å². The smallest absolute Gasteiger partial charge is 0.0622 e. The molecule has 2 rings (SSSR count). The quantitative estimate of drug-likeness (QED) is 0.803. The maximum atomic E-state index is 8.64. The van der Waals surface area contributed by atoms with E-state index in [0.717, 1.165) is 19.5 Å². The second-order valence-corrected chi connectivity index (χ2v) is 5.16. The Labute approximate surface area is 114 Å². The van der Waals surface area contributed by atoms with E-state index in [9.17, 15) is 0 Å². The van der Waals surface area contributed by atoms with E-state index in [-0.39, 0.29) is 0 Å². The minimum absolute atomic E-state index is 0.487. The zero-order chi connectivity index (χ0) is 13.7. The highest BCUT2D eigenvalue weighted by atomic mass is 15.0. The normalized spacial score (nSPS) is 11.1. The lowest BCUT2D eigenvalue weighted by Gasteiger charge is -2.06. The van der Waals surface area contributed by atoms with Gasteiger partial charge in [-0.1, -0.05) is 32.0 Å². The number of aromatic nitrogens is 1. The van der Waals surface area contributed by atoms with Gasteiger partial charge in [-0.15, -0.1) is 0 Å². The standard InChI is InChI=1S/C16H21N3/c1-13(2)18-11-14-12-19(10-6-5-9-17)16-8-4-3-7-15(14)16/h3-4,7-8,12-13,18H,5-6,10-11H2,1-2H3. The number of hydrogen-bond acceptors (Lipinski definition) is 2. The van der Waals surface area contributed by atoms with E-state index in [0.29, 0.717) is 12.5 Å². The molecule has 0 spiro atoms. The molecule has 2 aromatic rings. The summed E-state index contributed by atoms with van der Waals surface area (Å²) in [6.45, 7) is 6.12. The predicted molar refractivity (Wildman–Crippen MR) is 78.8 cm³/mol. The summed E-state index contributed by atoms with van der Waals surface area (Å²) in [5.41, 5.74) is 2.60. The highest BCUT2D eigenvalue weighted by molar-refractivity contribution is 5.83. The molecule has 0 amide bonds. The van der Waals surface area contributed by atoms with Crippen molar-refractivity contribution < 1.29 is 0 Å². The van der Waals surface area contributed by atoms with Crippen molar-refractivity contribution in [1.82, 2.24) is 9.88 Å². The Bertz CT molecular complexity index is 575. The molecule has 0 aliphatic heterocycles. The number of fused-ring (bicyclic) bond motifs is 1.